The standard InChI is InChI=1S/C22H19NO6S/c1-28-20(25)19-17(12-13-30-19)23-18(24)14-29-21(26)22(27,15-8-4-2-5-9-15)16-10-6-3-7-11-16/h2-13,27H,14H2,1H3,(H,23,24). The summed E-state index contributed by atoms with van der Waals surface area (Å²) in [4.78, 5) is 37.1. The van der Waals surface area contributed by atoms with Gasteiger partial charge in [-0.15, -0.1) is 11.3 Å². The summed E-state index contributed by atoms with van der Waals surface area (Å²) in [7, 11) is 1.24. The summed E-state index contributed by atoms with van der Waals surface area (Å²) in [6.07, 6.45) is 0. The normalized spacial score (nSPS) is 10.9. The fraction of sp³-hybridized carbons (Fsp3) is 0.136. The average Bonchev–Trinajstić information content (AvgIpc) is 3.25. The Labute approximate surface area is 176 Å². The van der Waals surface area contributed by atoms with E-state index in [4.69, 9.17) is 4.74 Å². The smallest absolute Gasteiger partial charge is 0.350 e. The predicted octanol–water partition coefficient (Wildman–Crippen LogP) is 2.95. The van der Waals surface area contributed by atoms with Gasteiger partial charge in [0.15, 0.2) is 6.61 Å². The number of benzene rings is 2. The molecular weight excluding hydrogens is 406 g/mol. The molecule has 2 N–H and O–H groups in total. The number of aliphatic hydroxyl groups is 1. The summed E-state index contributed by atoms with van der Waals surface area (Å²) in [5, 5.41) is 15.4. The van der Waals surface area contributed by atoms with E-state index in [1.165, 1.54) is 7.11 Å². The molecule has 0 aliphatic heterocycles. The molecule has 3 rings (SSSR count). The average molecular weight is 425 g/mol. The number of amides is 1. The largest absolute Gasteiger partial charge is 0.465 e. The number of methoxy groups -OCH3 is 1. The van der Waals surface area contributed by atoms with Gasteiger partial charge in [0, 0.05) is 0 Å². The second-order valence-corrected chi connectivity index (χ2v) is 7.14. The van der Waals surface area contributed by atoms with E-state index in [0.29, 0.717) is 11.1 Å². The van der Waals surface area contributed by atoms with Gasteiger partial charge in [-0.05, 0) is 22.6 Å². The van der Waals surface area contributed by atoms with Crippen molar-refractivity contribution in [3.05, 3.63) is 88.1 Å². The molecular formula is C22H19NO6S. The van der Waals surface area contributed by atoms with Crippen molar-refractivity contribution in [3.63, 3.8) is 0 Å². The molecule has 0 saturated carbocycles. The Kier molecular flexibility index (Phi) is 6.61. The Morgan fingerprint density at radius 1 is 0.967 bits per heavy atom. The molecule has 30 heavy (non-hydrogen) atoms. The minimum absolute atomic E-state index is 0.224. The van der Waals surface area contributed by atoms with Crippen molar-refractivity contribution in [1.29, 1.82) is 0 Å². The van der Waals surface area contributed by atoms with Crippen LogP contribution in [-0.4, -0.2) is 36.7 Å². The number of thiophene rings is 1. The summed E-state index contributed by atoms with van der Waals surface area (Å²) < 4.78 is 9.80. The molecule has 154 valence electrons. The van der Waals surface area contributed by atoms with Gasteiger partial charge in [0.25, 0.3) is 5.91 Å². The maximum Gasteiger partial charge on any atom is 0.350 e. The van der Waals surface area contributed by atoms with E-state index in [-0.39, 0.29) is 10.6 Å². The number of carbonyl (C=O) groups is 3. The summed E-state index contributed by atoms with van der Waals surface area (Å²) in [5.41, 5.74) is -1.20. The van der Waals surface area contributed by atoms with Gasteiger partial charge in [-0.25, -0.2) is 9.59 Å². The Hall–Kier alpha value is -3.49. The maximum atomic E-state index is 12.9. The van der Waals surface area contributed by atoms with Crippen molar-refractivity contribution >= 4 is 34.9 Å². The third-order valence-electron chi connectivity index (χ3n) is 4.32. The molecule has 0 fully saturated rings. The van der Waals surface area contributed by atoms with Crippen molar-refractivity contribution in [2.24, 2.45) is 0 Å². The molecule has 1 aromatic heterocycles. The Bertz CT molecular complexity index is 993. The number of hydrogen-bond donors (Lipinski definition) is 2. The molecule has 1 heterocycles. The van der Waals surface area contributed by atoms with Crippen molar-refractivity contribution in [3.8, 4) is 0 Å². The molecule has 7 nitrogen and oxygen atoms in total. The van der Waals surface area contributed by atoms with Gasteiger partial charge in [0.1, 0.15) is 4.88 Å². The number of anilines is 1. The highest BCUT2D eigenvalue weighted by molar-refractivity contribution is 7.12. The quantitative estimate of drug-likeness (QED) is 0.565. The van der Waals surface area contributed by atoms with E-state index >= 15 is 0 Å². The summed E-state index contributed by atoms with van der Waals surface area (Å²) in [6.45, 7) is -0.642. The summed E-state index contributed by atoms with van der Waals surface area (Å²) in [5.74, 6) is -2.23. The van der Waals surface area contributed by atoms with Gasteiger partial charge in [0.05, 0.1) is 12.8 Å². The van der Waals surface area contributed by atoms with Crippen LogP contribution in [0.25, 0.3) is 0 Å². The molecule has 0 aliphatic rings. The molecule has 0 radical (unpaired) electrons. The van der Waals surface area contributed by atoms with Gasteiger partial charge in [0.2, 0.25) is 5.60 Å². The van der Waals surface area contributed by atoms with Crippen LogP contribution in [0, 0.1) is 0 Å². The fourth-order valence-electron chi connectivity index (χ4n) is 2.84. The third-order valence-corrected chi connectivity index (χ3v) is 5.22. The Morgan fingerprint density at radius 2 is 1.53 bits per heavy atom. The van der Waals surface area contributed by atoms with E-state index in [1.54, 1.807) is 72.1 Å². The number of rotatable bonds is 7. The number of hydrogen-bond acceptors (Lipinski definition) is 7. The van der Waals surface area contributed by atoms with E-state index < -0.39 is 30.1 Å². The van der Waals surface area contributed by atoms with Gasteiger partial charge in [-0.2, -0.15) is 0 Å². The van der Waals surface area contributed by atoms with Crippen LogP contribution < -0.4 is 5.32 Å². The van der Waals surface area contributed by atoms with Gasteiger partial charge in [-0.1, -0.05) is 60.7 Å². The maximum absolute atomic E-state index is 12.9. The van der Waals surface area contributed by atoms with Crippen LogP contribution in [-0.2, 0) is 24.7 Å². The van der Waals surface area contributed by atoms with E-state index in [2.05, 4.69) is 10.1 Å². The molecule has 2 aromatic carbocycles. The highest BCUT2D eigenvalue weighted by atomic mass is 32.1. The van der Waals surface area contributed by atoms with Crippen LogP contribution in [0.4, 0.5) is 5.69 Å². The summed E-state index contributed by atoms with van der Waals surface area (Å²) >= 11 is 1.11. The minimum Gasteiger partial charge on any atom is -0.465 e. The van der Waals surface area contributed by atoms with Crippen LogP contribution in [0.3, 0.4) is 0 Å². The zero-order chi connectivity index (χ0) is 21.6. The van der Waals surface area contributed by atoms with Crippen LogP contribution in [0.15, 0.2) is 72.1 Å². The minimum atomic E-state index is -2.08. The molecule has 0 aliphatic carbocycles. The number of carbonyl (C=O) groups excluding carboxylic acids is 3. The second-order valence-electron chi connectivity index (χ2n) is 6.22. The highest BCUT2D eigenvalue weighted by Crippen LogP contribution is 2.31. The highest BCUT2D eigenvalue weighted by Gasteiger charge is 2.41. The first-order valence-electron chi connectivity index (χ1n) is 8.93. The molecule has 3 aromatic rings. The molecule has 0 spiro atoms. The topological polar surface area (TPSA) is 102 Å². The van der Waals surface area contributed by atoms with Crippen molar-refractivity contribution < 1.29 is 29.0 Å². The second kappa shape index (κ2) is 9.34. The number of ether oxygens (including phenoxy) is 2. The van der Waals surface area contributed by atoms with Gasteiger partial charge >= 0.3 is 11.9 Å². The SMILES string of the molecule is COC(=O)c1sccc1NC(=O)COC(=O)C(O)(c1ccccc1)c1ccccc1. The summed E-state index contributed by atoms with van der Waals surface area (Å²) in [6, 6.07) is 18.2. The molecule has 1 amide bonds. The number of esters is 2. The van der Waals surface area contributed by atoms with Gasteiger partial charge < -0.3 is 19.9 Å². The van der Waals surface area contributed by atoms with Crippen LogP contribution >= 0.6 is 11.3 Å². The first kappa shape index (κ1) is 21.2. The lowest BCUT2D eigenvalue weighted by molar-refractivity contribution is -0.163. The number of nitrogens with one attached hydrogen (secondary N) is 1. The predicted molar refractivity (Wildman–Crippen MR) is 111 cm³/mol. The lowest BCUT2D eigenvalue weighted by Gasteiger charge is -2.26. The Morgan fingerprint density at radius 3 is 2.07 bits per heavy atom. The molecule has 0 unspecified atom stereocenters. The first-order valence-corrected chi connectivity index (χ1v) is 9.81. The van der Waals surface area contributed by atoms with Gasteiger partial charge in [-0.3, -0.25) is 4.79 Å². The van der Waals surface area contributed by atoms with Crippen LogP contribution in [0.2, 0.25) is 0 Å². The van der Waals surface area contributed by atoms with Crippen molar-refractivity contribution in [2.75, 3.05) is 19.0 Å². The lowest BCUT2D eigenvalue weighted by Crippen LogP contribution is -2.39. The van der Waals surface area contributed by atoms with E-state index in [1.807, 2.05) is 0 Å². The monoisotopic (exact) mass is 425 g/mol. The van der Waals surface area contributed by atoms with Crippen LogP contribution in [0.1, 0.15) is 20.8 Å². The Balaban J connectivity index is 1.75. The van der Waals surface area contributed by atoms with Crippen LogP contribution in [0.5, 0.6) is 0 Å². The molecule has 0 atom stereocenters. The van der Waals surface area contributed by atoms with E-state index in [9.17, 15) is 19.5 Å². The zero-order valence-electron chi connectivity index (χ0n) is 16.0. The van der Waals surface area contributed by atoms with E-state index in [0.717, 1.165) is 11.3 Å². The van der Waals surface area contributed by atoms with Crippen molar-refractivity contribution in [2.45, 2.75) is 5.60 Å². The van der Waals surface area contributed by atoms with Crippen molar-refractivity contribution in [1.82, 2.24) is 0 Å². The molecule has 8 heteroatoms. The first-order chi connectivity index (χ1) is 14.5. The molecule has 0 saturated heterocycles. The third kappa shape index (κ3) is 4.40. The molecule has 0 bridgehead atoms. The fourth-order valence-corrected chi connectivity index (χ4v) is 3.61. The lowest BCUT2D eigenvalue weighted by atomic mass is 9.86. The zero-order valence-corrected chi connectivity index (χ0v) is 16.8.